The molecule has 7 rings (SSSR count). The highest BCUT2D eigenvalue weighted by atomic mass is 16.7. The van der Waals surface area contributed by atoms with E-state index < -0.39 is 0 Å². The molecule has 0 bridgehead atoms. The van der Waals surface area contributed by atoms with Crippen molar-refractivity contribution in [2.75, 3.05) is 6.61 Å². The van der Waals surface area contributed by atoms with Crippen molar-refractivity contribution >= 4 is 0 Å². The van der Waals surface area contributed by atoms with Gasteiger partial charge in [0, 0.05) is 11.0 Å². The van der Waals surface area contributed by atoms with Gasteiger partial charge < -0.3 is 9.47 Å². The van der Waals surface area contributed by atoms with E-state index in [1.807, 2.05) is 5.57 Å². The van der Waals surface area contributed by atoms with Crippen LogP contribution in [0.2, 0.25) is 0 Å². The Bertz CT molecular complexity index is 1150. The Balaban J connectivity index is 1.20. The molecule has 0 aromatic heterocycles. The van der Waals surface area contributed by atoms with Crippen LogP contribution in [0.5, 0.6) is 0 Å². The van der Waals surface area contributed by atoms with Gasteiger partial charge in [0.25, 0.3) is 0 Å². The zero-order valence-corrected chi connectivity index (χ0v) is 25.9. The van der Waals surface area contributed by atoms with Crippen LogP contribution >= 0.6 is 0 Å². The van der Waals surface area contributed by atoms with Crippen LogP contribution in [0.25, 0.3) is 0 Å². The fourth-order valence-electron chi connectivity index (χ4n) is 12.0. The molecular weight excluding hydrogens is 476 g/mol. The van der Waals surface area contributed by atoms with E-state index in [0.29, 0.717) is 39.1 Å². The Morgan fingerprint density at radius 1 is 0.744 bits per heavy atom. The molecule has 6 aliphatic rings. The summed E-state index contributed by atoms with van der Waals surface area (Å²) in [7, 11) is 0. The van der Waals surface area contributed by atoms with Crippen molar-refractivity contribution in [2.24, 2.45) is 50.2 Å². The highest BCUT2D eigenvalue weighted by Gasteiger charge is 2.69. The molecule has 0 amide bonds. The van der Waals surface area contributed by atoms with Gasteiger partial charge >= 0.3 is 0 Å². The van der Waals surface area contributed by atoms with Gasteiger partial charge in [-0.15, -0.1) is 0 Å². The molecule has 0 spiro atoms. The lowest BCUT2D eigenvalue weighted by Gasteiger charge is -2.72. The monoisotopic (exact) mass is 530 g/mol. The van der Waals surface area contributed by atoms with E-state index in [4.69, 9.17) is 9.47 Å². The molecule has 2 nitrogen and oxygen atoms in total. The lowest BCUT2D eigenvalue weighted by atomic mass is 9.33. The topological polar surface area (TPSA) is 18.5 Å². The van der Waals surface area contributed by atoms with E-state index in [1.165, 1.54) is 64.2 Å². The molecule has 5 fully saturated rings. The predicted molar refractivity (Wildman–Crippen MR) is 159 cm³/mol. The Labute approximate surface area is 238 Å². The number of benzene rings is 1. The van der Waals surface area contributed by atoms with Gasteiger partial charge in [-0.2, -0.15) is 0 Å². The molecule has 4 saturated carbocycles. The van der Waals surface area contributed by atoms with Gasteiger partial charge in [0.15, 0.2) is 6.29 Å². The molecule has 1 heterocycles. The van der Waals surface area contributed by atoms with Crippen LogP contribution in [-0.2, 0) is 9.47 Å². The highest BCUT2D eigenvalue weighted by Crippen LogP contribution is 2.76. The van der Waals surface area contributed by atoms with Gasteiger partial charge in [-0.05, 0) is 109 Å². The van der Waals surface area contributed by atoms with Crippen LogP contribution in [-0.4, -0.2) is 12.7 Å². The van der Waals surface area contributed by atoms with Gasteiger partial charge in [0.2, 0.25) is 0 Å². The van der Waals surface area contributed by atoms with Crippen molar-refractivity contribution in [3.05, 3.63) is 47.5 Å². The van der Waals surface area contributed by atoms with Crippen LogP contribution < -0.4 is 0 Å². The third-order valence-corrected chi connectivity index (χ3v) is 14.7. The van der Waals surface area contributed by atoms with Crippen LogP contribution in [0, 0.1) is 50.2 Å². The summed E-state index contributed by atoms with van der Waals surface area (Å²) in [5.41, 5.74) is 5.23. The molecule has 39 heavy (non-hydrogen) atoms. The zero-order chi connectivity index (χ0) is 27.5. The average molecular weight is 531 g/mol. The van der Waals surface area contributed by atoms with Gasteiger partial charge in [0.05, 0.1) is 12.7 Å². The smallest absolute Gasteiger partial charge is 0.184 e. The number of fused-ring (bicyclic) bond motifs is 9. The number of allylic oxidation sites excluding steroid dienone is 2. The summed E-state index contributed by atoms with van der Waals surface area (Å²) >= 11 is 0. The van der Waals surface area contributed by atoms with E-state index in [1.54, 1.807) is 0 Å². The summed E-state index contributed by atoms with van der Waals surface area (Å²) in [4.78, 5) is 0. The minimum atomic E-state index is -0.210. The lowest BCUT2D eigenvalue weighted by molar-refractivity contribution is -0.318. The van der Waals surface area contributed by atoms with Crippen molar-refractivity contribution in [2.45, 2.75) is 125 Å². The SMILES string of the molecule is CC1(C)CC[C@]2(C)CC[C@]3(C)C(=CC[C@@H]4[C@@]5(C)CCC6OC(c7ccccc7)OC[C@@]6(C)C5CC[C@]43C)[C@H]2C1. The Morgan fingerprint density at radius 3 is 2.26 bits per heavy atom. The van der Waals surface area contributed by atoms with Crippen molar-refractivity contribution < 1.29 is 9.47 Å². The molecular formula is C37H54O2. The van der Waals surface area contributed by atoms with Crippen molar-refractivity contribution in [3.8, 4) is 0 Å². The number of hydrogen-bond acceptors (Lipinski definition) is 2. The third-order valence-electron chi connectivity index (χ3n) is 14.7. The van der Waals surface area contributed by atoms with Gasteiger partial charge in [0.1, 0.15) is 0 Å². The summed E-state index contributed by atoms with van der Waals surface area (Å²) < 4.78 is 13.3. The molecule has 1 aromatic carbocycles. The fourth-order valence-corrected chi connectivity index (χ4v) is 12.0. The van der Waals surface area contributed by atoms with Crippen LogP contribution in [0.1, 0.15) is 125 Å². The van der Waals surface area contributed by atoms with Gasteiger partial charge in [-0.3, -0.25) is 0 Å². The van der Waals surface area contributed by atoms with Crippen LogP contribution in [0.3, 0.4) is 0 Å². The highest BCUT2D eigenvalue weighted by molar-refractivity contribution is 5.33. The van der Waals surface area contributed by atoms with E-state index in [-0.39, 0.29) is 11.7 Å². The molecule has 1 saturated heterocycles. The van der Waals surface area contributed by atoms with Crippen molar-refractivity contribution in [1.82, 2.24) is 0 Å². The Morgan fingerprint density at radius 2 is 1.49 bits per heavy atom. The zero-order valence-electron chi connectivity index (χ0n) is 25.9. The molecule has 5 aliphatic carbocycles. The summed E-state index contributed by atoms with van der Waals surface area (Å²) in [6.45, 7) is 19.2. The first-order valence-electron chi connectivity index (χ1n) is 16.4. The first-order valence-corrected chi connectivity index (χ1v) is 16.4. The third kappa shape index (κ3) is 3.58. The van der Waals surface area contributed by atoms with E-state index >= 15 is 0 Å². The Hall–Kier alpha value is -1.12. The maximum Gasteiger partial charge on any atom is 0.184 e. The lowest BCUT2D eigenvalue weighted by Crippen LogP contribution is -2.66. The molecule has 0 N–H and O–H groups in total. The fraction of sp³-hybridized carbons (Fsp3) is 0.784. The normalized spacial score (nSPS) is 52.3. The molecule has 214 valence electrons. The van der Waals surface area contributed by atoms with Crippen LogP contribution in [0.15, 0.2) is 42.0 Å². The minimum absolute atomic E-state index is 0.100. The largest absolute Gasteiger partial charge is 0.348 e. The quantitative estimate of drug-likeness (QED) is 0.336. The van der Waals surface area contributed by atoms with Gasteiger partial charge in [-0.1, -0.05) is 90.4 Å². The maximum atomic E-state index is 6.80. The molecule has 0 radical (unpaired) electrons. The minimum Gasteiger partial charge on any atom is -0.348 e. The predicted octanol–water partition coefficient (Wildman–Crippen LogP) is 9.90. The second-order valence-corrected chi connectivity index (χ2v) is 17.1. The Kier molecular flexibility index (Phi) is 5.81. The van der Waals surface area contributed by atoms with Crippen molar-refractivity contribution in [3.63, 3.8) is 0 Å². The first-order chi connectivity index (χ1) is 18.3. The summed E-state index contributed by atoms with van der Waals surface area (Å²) in [5, 5.41) is 0. The average Bonchev–Trinajstić information content (AvgIpc) is 2.90. The maximum absolute atomic E-state index is 6.80. The molecule has 1 aliphatic heterocycles. The van der Waals surface area contributed by atoms with E-state index in [2.05, 4.69) is 84.9 Å². The number of hydrogen-bond donors (Lipinski definition) is 0. The summed E-state index contributed by atoms with van der Waals surface area (Å²) in [5.74, 6) is 2.20. The van der Waals surface area contributed by atoms with E-state index in [0.717, 1.165) is 24.0 Å². The molecule has 1 aromatic rings. The molecule has 10 atom stereocenters. The molecule has 3 unspecified atom stereocenters. The second kappa shape index (κ2) is 8.47. The van der Waals surface area contributed by atoms with Crippen molar-refractivity contribution in [1.29, 1.82) is 0 Å². The summed E-state index contributed by atoms with van der Waals surface area (Å²) in [6.07, 6.45) is 16.4. The standard InChI is InChI=1S/C37H54O2/c1-32(2)19-20-33(3)21-22-36(6)26(27(33)23-32)13-14-29-34(4)17-16-30-35(5,28(34)15-18-37(29,36)7)24-38-31(39-30)25-11-9-8-10-12-25/h8-13,27-31H,14-24H2,1-7H3/t27-,28?,29-,30?,31?,33-,34+,35+,36-,37-/m1/s1. The van der Waals surface area contributed by atoms with Crippen LogP contribution in [0.4, 0.5) is 0 Å². The van der Waals surface area contributed by atoms with E-state index in [9.17, 15) is 0 Å². The number of rotatable bonds is 1. The first kappa shape index (κ1) is 26.8. The molecule has 2 heteroatoms. The summed E-state index contributed by atoms with van der Waals surface area (Å²) in [6, 6.07) is 10.6. The van der Waals surface area contributed by atoms with Gasteiger partial charge in [-0.25, -0.2) is 0 Å². The number of ether oxygens (including phenoxy) is 2. The second-order valence-electron chi connectivity index (χ2n) is 17.1.